The Bertz CT molecular complexity index is 542. The highest BCUT2D eigenvalue weighted by atomic mass is 16.6. The van der Waals surface area contributed by atoms with Crippen molar-refractivity contribution in [1.82, 2.24) is 0 Å². The standard InChI is InChI=1S/C16H18NO6/c1-11(23-10-18)4-3-5-15(19)12(2)16(20)13-6-8-14(9-7-13)17(21)22/h3-12,16,20H,1-2H3/t11-,12-,16-/m1/s1. The first-order chi connectivity index (χ1) is 10.9. The summed E-state index contributed by atoms with van der Waals surface area (Å²) in [5.74, 6) is -1.03. The molecule has 0 fully saturated rings. The summed E-state index contributed by atoms with van der Waals surface area (Å²) in [6.45, 7) is 3.51. The SMILES string of the molecule is C[C@H]([CH][CH][CH]C(=O)[C@@H](C)[C@@H](O)c1ccc([N+](=O)[O-])cc1)OC=O. The molecule has 3 atom stereocenters. The number of benzene rings is 1. The Morgan fingerprint density at radius 3 is 2.43 bits per heavy atom. The fraction of sp³-hybridized carbons (Fsp3) is 0.312. The largest absolute Gasteiger partial charge is 0.465 e. The zero-order valence-corrected chi connectivity index (χ0v) is 12.8. The van der Waals surface area contributed by atoms with E-state index in [1.165, 1.54) is 43.5 Å². The second-order valence-corrected chi connectivity index (χ2v) is 4.97. The molecule has 0 saturated heterocycles. The van der Waals surface area contributed by atoms with Crippen LogP contribution in [0.25, 0.3) is 0 Å². The van der Waals surface area contributed by atoms with Crippen LogP contribution >= 0.6 is 0 Å². The van der Waals surface area contributed by atoms with Crippen LogP contribution in [0.3, 0.4) is 0 Å². The lowest BCUT2D eigenvalue weighted by Crippen LogP contribution is -2.20. The number of non-ortho nitro benzene ring substituents is 1. The summed E-state index contributed by atoms with van der Waals surface area (Å²) >= 11 is 0. The number of Topliss-reactive ketones (excluding diaryl/α,β-unsaturated/α-hetero) is 1. The second-order valence-electron chi connectivity index (χ2n) is 4.97. The average Bonchev–Trinajstić information content (AvgIpc) is 2.53. The van der Waals surface area contributed by atoms with E-state index in [1.807, 2.05) is 0 Å². The van der Waals surface area contributed by atoms with E-state index in [9.17, 15) is 24.8 Å². The van der Waals surface area contributed by atoms with Crippen LogP contribution in [-0.2, 0) is 14.3 Å². The van der Waals surface area contributed by atoms with Crippen molar-refractivity contribution in [3.05, 3.63) is 59.2 Å². The molecular weight excluding hydrogens is 302 g/mol. The molecule has 3 radical (unpaired) electrons. The average molecular weight is 320 g/mol. The number of hydrogen-bond donors (Lipinski definition) is 1. The van der Waals surface area contributed by atoms with E-state index < -0.39 is 23.0 Å². The fourth-order valence-corrected chi connectivity index (χ4v) is 1.83. The third-order valence-electron chi connectivity index (χ3n) is 3.28. The number of hydrogen-bond acceptors (Lipinski definition) is 6. The van der Waals surface area contributed by atoms with Gasteiger partial charge in [0, 0.05) is 30.9 Å². The number of carbonyl (C=O) groups is 2. The number of carbonyl (C=O) groups excluding carboxylic acids is 2. The summed E-state index contributed by atoms with van der Waals surface area (Å²) < 4.78 is 4.63. The molecule has 0 aliphatic rings. The number of aliphatic hydroxyl groups is 1. The van der Waals surface area contributed by atoms with Gasteiger partial charge in [-0.15, -0.1) is 0 Å². The lowest BCUT2D eigenvalue weighted by Gasteiger charge is -2.18. The monoisotopic (exact) mass is 320 g/mol. The molecule has 0 heterocycles. The Kier molecular flexibility index (Phi) is 7.34. The van der Waals surface area contributed by atoms with E-state index in [0.717, 1.165) is 0 Å². The minimum atomic E-state index is -1.07. The molecule has 1 rings (SSSR count). The summed E-state index contributed by atoms with van der Waals surface area (Å²) in [7, 11) is 0. The van der Waals surface area contributed by atoms with Crippen LogP contribution in [0.4, 0.5) is 5.69 Å². The molecule has 0 aliphatic carbocycles. The van der Waals surface area contributed by atoms with Crippen molar-refractivity contribution >= 4 is 17.9 Å². The molecule has 0 unspecified atom stereocenters. The van der Waals surface area contributed by atoms with Gasteiger partial charge in [0.2, 0.25) is 0 Å². The molecule has 0 spiro atoms. The first-order valence-electron chi connectivity index (χ1n) is 6.93. The molecule has 1 aromatic carbocycles. The van der Waals surface area contributed by atoms with Gasteiger partial charge in [0.05, 0.1) is 11.0 Å². The number of nitrogens with zero attached hydrogens (tertiary/aromatic N) is 1. The molecule has 7 nitrogen and oxygen atoms in total. The van der Waals surface area contributed by atoms with Crippen molar-refractivity contribution in [3.8, 4) is 0 Å². The van der Waals surface area contributed by atoms with Crippen LogP contribution in [0, 0.1) is 35.3 Å². The van der Waals surface area contributed by atoms with Gasteiger partial charge in [-0.3, -0.25) is 19.7 Å². The smallest absolute Gasteiger partial charge is 0.293 e. The number of ether oxygens (including phenoxy) is 1. The van der Waals surface area contributed by atoms with Crippen LogP contribution < -0.4 is 0 Å². The minimum absolute atomic E-state index is 0.0846. The number of ketones is 1. The Balaban J connectivity index is 2.54. The van der Waals surface area contributed by atoms with E-state index in [-0.39, 0.29) is 11.5 Å². The molecule has 23 heavy (non-hydrogen) atoms. The van der Waals surface area contributed by atoms with Gasteiger partial charge < -0.3 is 9.84 Å². The number of nitro groups is 1. The topological polar surface area (TPSA) is 107 Å². The van der Waals surface area contributed by atoms with Gasteiger partial charge in [0.25, 0.3) is 12.2 Å². The molecular formula is C16H18NO6. The summed E-state index contributed by atoms with van der Waals surface area (Å²) in [6.07, 6.45) is 2.74. The first-order valence-corrected chi connectivity index (χ1v) is 6.93. The maximum atomic E-state index is 12.0. The fourth-order valence-electron chi connectivity index (χ4n) is 1.83. The molecule has 0 amide bonds. The Hall–Kier alpha value is -2.28. The van der Waals surface area contributed by atoms with E-state index in [2.05, 4.69) is 4.74 Å². The summed E-state index contributed by atoms with van der Waals surface area (Å²) in [6, 6.07) is 5.39. The summed E-state index contributed by atoms with van der Waals surface area (Å²) in [5.41, 5.74) is 0.338. The summed E-state index contributed by atoms with van der Waals surface area (Å²) in [4.78, 5) is 32.2. The van der Waals surface area contributed by atoms with Crippen molar-refractivity contribution < 1.29 is 24.4 Å². The Labute approximate surface area is 134 Å². The molecule has 123 valence electrons. The van der Waals surface area contributed by atoms with E-state index in [1.54, 1.807) is 13.8 Å². The van der Waals surface area contributed by atoms with E-state index >= 15 is 0 Å². The molecule has 1 aromatic rings. The number of rotatable bonds is 10. The van der Waals surface area contributed by atoms with Crippen LogP contribution in [0.15, 0.2) is 24.3 Å². The first kappa shape index (κ1) is 18.8. The highest BCUT2D eigenvalue weighted by Gasteiger charge is 2.24. The quantitative estimate of drug-likeness (QED) is 0.401. The van der Waals surface area contributed by atoms with Crippen molar-refractivity contribution in [2.45, 2.75) is 26.1 Å². The Morgan fingerprint density at radius 2 is 1.91 bits per heavy atom. The highest BCUT2D eigenvalue weighted by molar-refractivity contribution is 5.91. The summed E-state index contributed by atoms with van der Waals surface area (Å²) in [5, 5.41) is 20.8. The number of nitro benzene ring substituents is 1. The molecule has 0 aromatic heterocycles. The second kappa shape index (κ2) is 8.99. The van der Waals surface area contributed by atoms with Gasteiger partial charge >= 0.3 is 0 Å². The molecule has 0 aliphatic heterocycles. The third-order valence-corrected chi connectivity index (χ3v) is 3.28. The maximum absolute atomic E-state index is 12.0. The molecule has 0 saturated carbocycles. The normalized spacial score (nSPS) is 14.6. The van der Waals surface area contributed by atoms with E-state index in [0.29, 0.717) is 12.0 Å². The van der Waals surface area contributed by atoms with Crippen molar-refractivity contribution in [1.29, 1.82) is 0 Å². The van der Waals surface area contributed by atoms with Gasteiger partial charge in [0.1, 0.15) is 11.9 Å². The maximum Gasteiger partial charge on any atom is 0.293 e. The van der Waals surface area contributed by atoms with Gasteiger partial charge in [-0.1, -0.05) is 6.92 Å². The lowest BCUT2D eigenvalue weighted by molar-refractivity contribution is -0.384. The van der Waals surface area contributed by atoms with Gasteiger partial charge in [0.15, 0.2) is 0 Å². The van der Waals surface area contributed by atoms with Crippen LogP contribution in [-0.4, -0.2) is 28.4 Å². The third kappa shape index (κ3) is 5.78. The van der Waals surface area contributed by atoms with Gasteiger partial charge in [-0.05, 0) is 31.0 Å². The van der Waals surface area contributed by atoms with Gasteiger partial charge in [-0.2, -0.15) is 0 Å². The van der Waals surface area contributed by atoms with Crippen molar-refractivity contribution in [2.24, 2.45) is 5.92 Å². The zero-order valence-electron chi connectivity index (χ0n) is 12.8. The predicted octanol–water partition coefficient (Wildman–Crippen LogP) is 2.01. The molecule has 0 bridgehead atoms. The van der Waals surface area contributed by atoms with Crippen LogP contribution in [0.2, 0.25) is 0 Å². The van der Waals surface area contributed by atoms with E-state index in [4.69, 9.17) is 0 Å². The lowest BCUT2D eigenvalue weighted by atomic mass is 9.91. The van der Waals surface area contributed by atoms with Crippen LogP contribution in [0.5, 0.6) is 0 Å². The number of aliphatic hydroxyl groups excluding tert-OH is 1. The Morgan fingerprint density at radius 1 is 1.30 bits per heavy atom. The van der Waals surface area contributed by atoms with Crippen molar-refractivity contribution in [3.63, 3.8) is 0 Å². The highest BCUT2D eigenvalue weighted by Crippen LogP contribution is 2.25. The molecule has 1 N–H and O–H groups in total. The minimum Gasteiger partial charge on any atom is -0.465 e. The zero-order chi connectivity index (χ0) is 17.4. The van der Waals surface area contributed by atoms with Gasteiger partial charge in [-0.25, -0.2) is 0 Å². The van der Waals surface area contributed by atoms with Crippen molar-refractivity contribution in [2.75, 3.05) is 0 Å². The van der Waals surface area contributed by atoms with Crippen LogP contribution in [0.1, 0.15) is 25.5 Å². The molecule has 7 heteroatoms. The predicted molar refractivity (Wildman–Crippen MR) is 81.7 cm³/mol.